The number of ether oxygens (including phenoxy) is 1. The van der Waals surface area contributed by atoms with Crippen LogP contribution in [0, 0.1) is 40.5 Å². The van der Waals surface area contributed by atoms with Crippen LogP contribution in [0.1, 0.15) is 26.3 Å². The predicted octanol–water partition coefficient (Wildman–Crippen LogP) is 4.13. The van der Waals surface area contributed by atoms with Gasteiger partial charge in [-0.3, -0.25) is 4.79 Å². The van der Waals surface area contributed by atoms with Gasteiger partial charge in [0.2, 0.25) is 0 Å². The Kier molecular flexibility index (Phi) is 4.31. The van der Waals surface area contributed by atoms with Gasteiger partial charge in [0.1, 0.15) is 6.61 Å². The molecule has 1 aliphatic rings. The monoisotopic (exact) mass is 316 g/mol. The van der Waals surface area contributed by atoms with Crippen LogP contribution in [-0.2, 0) is 16.1 Å². The SMILES string of the molecule is CC=C[C@@H]1[C@@H](C(=O)OCc2c(F)c(F)cc(F)c2F)C1(C)C. The molecule has 0 spiro atoms. The lowest BCUT2D eigenvalue weighted by atomic mass is 10.1. The highest BCUT2D eigenvalue weighted by Crippen LogP contribution is 2.59. The lowest BCUT2D eigenvalue weighted by Crippen LogP contribution is -2.13. The number of esters is 1. The van der Waals surface area contributed by atoms with Gasteiger partial charge in [-0.25, -0.2) is 17.6 Å². The van der Waals surface area contributed by atoms with E-state index in [1.807, 2.05) is 26.8 Å². The minimum absolute atomic E-state index is 0.0241. The molecule has 0 aliphatic heterocycles. The summed E-state index contributed by atoms with van der Waals surface area (Å²) < 4.78 is 57.9. The summed E-state index contributed by atoms with van der Waals surface area (Å²) >= 11 is 0. The average molecular weight is 316 g/mol. The Morgan fingerprint density at radius 1 is 1.23 bits per heavy atom. The minimum Gasteiger partial charge on any atom is -0.460 e. The smallest absolute Gasteiger partial charge is 0.310 e. The number of halogens is 4. The second-order valence-corrected chi connectivity index (χ2v) is 5.91. The fourth-order valence-electron chi connectivity index (χ4n) is 2.68. The molecule has 1 aromatic carbocycles. The van der Waals surface area contributed by atoms with Crippen molar-refractivity contribution in [3.8, 4) is 0 Å². The number of carbonyl (C=O) groups is 1. The van der Waals surface area contributed by atoms with E-state index in [0.717, 1.165) is 0 Å². The van der Waals surface area contributed by atoms with Crippen molar-refractivity contribution < 1.29 is 27.1 Å². The molecular weight excluding hydrogens is 300 g/mol. The summed E-state index contributed by atoms with van der Waals surface area (Å²) in [6.07, 6.45) is 3.66. The predicted molar refractivity (Wildman–Crippen MR) is 71.6 cm³/mol. The van der Waals surface area contributed by atoms with Gasteiger partial charge in [-0.2, -0.15) is 0 Å². The fourth-order valence-corrected chi connectivity index (χ4v) is 2.68. The number of rotatable bonds is 4. The molecule has 0 heterocycles. The van der Waals surface area contributed by atoms with Crippen LogP contribution in [-0.4, -0.2) is 5.97 Å². The van der Waals surface area contributed by atoms with E-state index in [2.05, 4.69) is 0 Å². The van der Waals surface area contributed by atoms with E-state index < -0.39 is 47.3 Å². The summed E-state index contributed by atoms with van der Waals surface area (Å²) in [6, 6.07) is 0.113. The molecule has 0 bridgehead atoms. The van der Waals surface area contributed by atoms with Crippen molar-refractivity contribution in [3.63, 3.8) is 0 Å². The molecule has 0 N–H and O–H groups in total. The molecular formula is C16H16F4O2. The van der Waals surface area contributed by atoms with Crippen LogP contribution < -0.4 is 0 Å². The van der Waals surface area contributed by atoms with E-state index in [9.17, 15) is 22.4 Å². The van der Waals surface area contributed by atoms with Crippen LogP contribution in [0.5, 0.6) is 0 Å². The molecule has 2 nitrogen and oxygen atoms in total. The Morgan fingerprint density at radius 3 is 2.27 bits per heavy atom. The maximum absolute atomic E-state index is 13.5. The standard InChI is InChI=1S/C16H16F4O2/c1-4-5-9-12(16(9,2)3)15(21)22-7-8-13(19)10(17)6-11(18)14(8)20/h4-6,9,12H,7H2,1-3H3/t9-,12+/m1/s1. The van der Waals surface area contributed by atoms with Crippen LogP contribution in [0.15, 0.2) is 18.2 Å². The van der Waals surface area contributed by atoms with Crippen LogP contribution in [0.4, 0.5) is 17.6 Å². The van der Waals surface area contributed by atoms with Crippen LogP contribution >= 0.6 is 0 Å². The van der Waals surface area contributed by atoms with Crippen molar-refractivity contribution in [1.29, 1.82) is 0 Å². The van der Waals surface area contributed by atoms with Crippen LogP contribution in [0.3, 0.4) is 0 Å². The van der Waals surface area contributed by atoms with Gasteiger partial charge in [-0.15, -0.1) is 0 Å². The van der Waals surface area contributed by atoms with E-state index in [1.165, 1.54) is 0 Å². The van der Waals surface area contributed by atoms with Crippen molar-refractivity contribution in [1.82, 2.24) is 0 Å². The third-order valence-corrected chi connectivity index (χ3v) is 4.13. The zero-order chi connectivity index (χ0) is 16.7. The Balaban J connectivity index is 2.10. The van der Waals surface area contributed by atoms with Crippen molar-refractivity contribution in [3.05, 3.63) is 47.1 Å². The Morgan fingerprint density at radius 2 is 1.77 bits per heavy atom. The molecule has 1 fully saturated rings. The second kappa shape index (κ2) is 5.74. The summed E-state index contributed by atoms with van der Waals surface area (Å²) in [7, 11) is 0. The molecule has 22 heavy (non-hydrogen) atoms. The second-order valence-electron chi connectivity index (χ2n) is 5.91. The van der Waals surface area contributed by atoms with E-state index in [1.54, 1.807) is 6.08 Å². The van der Waals surface area contributed by atoms with Gasteiger partial charge in [-0.05, 0) is 18.3 Å². The normalized spacial score (nSPS) is 22.9. The van der Waals surface area contributed by atoms with Gasteiger partial charge in [0.05, 0.1) is 11.5 Å². The first-order chi connectivity index (χ1) is 10.2. The molecule has 1 aromatic rings. The van der Waals surface area contributed by atoms with E-state index in [-0.39, 0.29) is 17.4 Å². The lowest BCUT2D eigenvalue weighted by Gasteiger charge is -2.09. The molecule has 6 heteroatoms. The molecule has 0 radical (unpaired) electrons. The summed E-state index contributed by atoms with van der Waals surface area (Å²) in [4.78, 5) is 12.0. The van der Waals surface area contributed by atoms with Crippen molar-refractivity contribution in [2.75, 3.05) is 0 Å². The van der Waals surface area contributed by atoms with Crippen LogP contribution in [0.25, 0.3) is 0 Å². The maximum atomic E-state index is 13.5. The number of allylic oxidation sites excluding steroid dienone is 2. The number of hydrogen-bond donors (Lipinski definition) is 0. The molecule has 1 aliphatic carbocycles. The molecule has 1 saturated carbocycles. The van der Waals surface area contributed by atoms with Crippen molar-refractivity contribution in [2.45, 2.75) is 27.4 Å². The summed E-state index contributed by atoms with van der Waals surface area (Å²) in [5, 5.41) is 0. The van der Waals surface area contributed by atoms with Gasteiger partial charge in [-0.1, -0.05) is 26.0 Å². The Bertz CT molecular complexity index is 611. The topological polar surface area (TPSA) is 26.3 Å². The molecule has 120 valence electrons. The molecule has 0 saturated heterocycles. The summed E-state index contributed by atoms with van der Waals surface area (Å²) in [6.45, 7) is 4.70. The van der Waals surface area contributed by atoms with Gasteiger partial charge in [0, 0.05) is 6.07 Å². The average Bonchev–Trinajstić information content (AvgIpc) is 2.98. The zero-order valence-corrected chi connectivity index (χ0v) is 12.4. The first-order valence-corrected chi connectivity index (χ1v) is 6.83. The highest BCUT2D eigenvalue weighted by Gasteiger charge is 2.61. The molecule has 0 aromatic heterocycles. The van der Waals surface area contributed by atoms with Crippen molar-refractivity contribution >= 4 is 5.97 Å². The third kappa shape index (κ3) is 2.74. The van der Waals surface area contributed by atoms with Crippen LogP contribution in [0.2, 0.25) is 0 Å². The summed E-state index contributed by atoms with van der Waals surface area (Å²) in [5.41, 5.74) is -1.24. The minimum atomic E-state index is -1.55. The number of carbonyl (C=O) groups excluding carboxylic acids is 1. The molecule has 2 rings (SSSR count). The third-order valence-electron chi connectivity index (χ3n) is 4.13. The molecule has 0 amide bonds. The van der Waals surface area contributed by atoms with Gasteiger partial charge in [0.25, 0.3) is 0 Å². The van der Waals surface area contributed by atoms with Gasteiger partial charge >= 0.3 is 5.97 Å². The van der Waals surface area contributed by atoms with Crippen molar-refractivity contribution in [2.24, 2.45) is 17.3 Å². The number of hydrogen-bond acceptors (Lipinski definition) is 2. The molecule has 2 atom stereocenters. The van der Waals surface area contributed by atoms with E-state index in [4.69, 9.17) is 4.74 Å². The first kappa shape index (κ1) is 16.5. The maximum Gasteiger partial charge on any atom is 0.310 e. The van der Waals surface area contributed by atoms with Gasteiger partial charge < -0.3 is 4.74 Å². The molecule has 0 unspecified atom stereocenters. The Hall–Kier alpha value is -1.85. The quantitative estimate of drug-likeness (QED) is 0.361. The highest BCUT2D eigenvalue weighted by molar-refractivity contribution is 5.78. The van der Waals surface area contributed by atoms with E-state index in [0.29, 0.717) is 0 Å². The van der Waals surface area contributed by atoms with Gasteiger partial charge in [0.15, 0.2) is 23.3 Å². The lowest BCUT2D eigenvalue weighted by molar-refractivity contribution is -0.147. The Labute approximate surface area is 125 Å². The zero-order valence-electron chi connectivity index (χ0n) is 12.4. The largest absolute Gasteiger partial charge is 0.460 e. The summed E-state index contributed by atoms with van der Waals surface area (Å²) in [5.74, 6) is -7.25. The first-order valence-electron chi connectivity index (χ1n) is 6.83. The fraction of sp³-hybridized carbons (Fsp3) is 0.438. The highest BCUT2D eigenvalue weighted by atomic mass is 19.2. The van der Waals surface area contributed by atoms with E-state index >= 15 is 0 Å². The number of benzene rings is 1.